The first-order valence-electron chi connectivity index (χ1n) is 6.50. The number of rotatable bonds is 4. The normalized spacial score (nSPS) is 35.6. The Hall–Kier alpha value is -0.0400. The molecule has 0 aromatic carbocycles. The second-order valence-electron chi connectivity index (χ2n) is 5.73. The maximum atomic E-state index is 3.77. The van der Waals surface area contributed by atoms with Crippen molar-refractivity contribution in [1.82, 2.24) is 5.32 Å². The summed E-state index contributed by atoms with van der Waals surface area (Å²) in [7, 11) is 0. The zero-order chi connectivity index (χ0) is 9.97. The van der Waals surface area contributed by atoms with Gasteiger partial charge < -0.3 is 5.32 Å². The molecule has 1 unspecified atom stereocenters. The number of hydrogen-bond donors (Lipinski definition) is 1. The van der Waals surface area contributed by atoms with Crippen LogP contribution in [-0.2, 0) is 0 Å². The van der Waals surface area contributed by atoms with Gasteiger partial charge in [0, 0.05) is 12.1 Å². The molecule has 1 heteroatoms. The van der Waals surface area contributed by atoms with Crippen LogP contribution < -0.4 is 5.32 Å². The average molecular weight is 195 g/mol. The van der Waals surface area contributed by atoms with E-state index in [2.05, 4.69) is 19.2 Å². The zero-order valence-electron chi connectivity index (χ0n) is 9.76. The van der Waals surface area contributed by atoms with Gasteiger partial charge in [-0.15, -0.1) is 0 Å². The van der Waals surface area contributed by atoms with E-state index in [1.165, 1.54) is 44.9 Å². The Bertz CT molecular complexity index is 166. The van der Waals surface area contributed by atoms with Crippen LogP contribution in [0.2, 0.25) is 0 Å². The molecule has 0 heterocycles. The van der Waals surface area contributed by atoms with E-state index < -0.39 is 0 Å². The van der Waals surface area contributed by atoms with Crippen LogP contribution in [0.4, 0.5) is 0 Å². The summed E-state index contributed by atoms with van der Waals surface area (Å²) in [5.74, 6) is 2.01. The standard InChI is InChI=1S/C13H25N/c1-10-7-13(8-10)14-11(2)9-12-5-3-4-6-12/h10-14H,3-9H2,1-2H3. The first-order valence-corrected chi connectivity index (χ1v) is 6.50. The molecule has 0 bridgehead atoms. The minimum absolute atomic E-state index is 0.760. The molecule has 0 aliphatic heterocycles. The van der Waals surface area contributed by atoms with Gasteiger partial charge in [0.1, 0.15) is 0 Å². The largest absolute Gasteiger partial charge is 0.311 e. The van der Waals surface area contributed by atoms with Gasteiger partial charge in [0.2, 0.25) is 0 Å². The van der Waals surface area contributed by atoms with Crippen LogP contribution in [0.25, 0.3) is 0 Å². The first kappa shape index (κ1) is 10.5. The number of nitrogens with one attached hydrogen (secondary N) is 1. The lowest BCUT2D eigenvalue weighted by Gasteiger charge is -2.36. The van der Waals surface area contributed by atoms with Crippen molar-refractivity contribution < 1.29 is 0 Å². The minimum atomic E-state index is 0.760. The second-order valence-corrected chi connectivity index (χ2v) is 5.73. The van der Waals surface area contributed by atoms with E-state index in [1.54, 1.807) is 0 Å². The molecule has 0 amide bonds. The molecule has 2 fully saturated rings. The highest BCUT2D eigenvalue weighted by Crippen LogP contribution is 2.30. The summed E-state index contributed by atoms with van der Waals surface area (Å²) in [6.07, 6.45) is 10.2. The van der Waals surface area contributed by atoms with Crippen molar-refractivity contribution in [3.8, 4) is 0 Å². The fourth-order valence-electron chi connectivity index (χ4n) is 3.25. The minimum Gasteiger partial charge on any atom is -0.311 e. The van der Waals surface area contributed by atoms with Gasteiger partial charge in [-0.3, -0.25) is 0 Å². The van der Waals surface area contributed by atoms with Crippen molar-refractivity contribution in [1.29, 1.82) is 0 Å². The smallest absolute Gasteiger partial charge is 0.00746 e. The van der Waals surface area contributed by atoms with Crippen LogP contribution in [0.3, 0.4) is 0 Å². The van der Waals surface area contributed by atoms with E-state index in [-0.39, 0.29) is 0 Å². The maximum Gasteiger partial charge on any atom is 0.00746 e. The summed E-state index contributed by atoms with van der Waals surface area (Å²) in [5.41, 5.74) is 0. The van der Waals surface area contributed by atoms with Crippen molar-refractivity contribution >= 4 is 0 Å². The van der Waals surface area contributed by atoms with E-state index in [0.29, 0.717) is 0 Å². The van der Waals surface area contributed by atoms with Gasteiger partial charge in [0.25, 0.3) is 0 Å². The van der Waals surface area contributed by atoms with E-state index in [4.69, 9.17) is 0 Å². The Morgan fingerprint density at radius 2 is 1.86 bits per heavy atom. The van der Waals surface area contributed by atoms with Gasteiger partial charge in [-0.1, -0.05) is 32.6 Å². The molecule has 2 rings (SSSR count). The van der Waals surface area contributed by atoms with Crippen LogP contribution >= 0.6 is 0 Å². The zero-order valence-corrected chi connectivity index (χ0v) is 9.76. The monoisotopic (exact) mass is 195 g/mol. The van der Waals surface area contributed by atoms with Gasteiger partial charge in [0.05, 0.1) is 0 Å². The summed E-state index contributed by atoms with van der Waals surface area (Å²) in [6, 6.07) is 1.61. The van der Waals surface area contributed by atoms with Crippen molar-refractivity contribution in [2.75, 3.05) is 0 Å². The van der Waals surface area contributed by atoms with Gasteiger partial charge in [-0.05, 0) is 38.0 Å². The second kappa shape index (κ2) is 4.65. The van der Waals surface area contributed by atoms with Crippen LogP contribution in [-0.4, -0.2) is 12.1 Å². The molecule has 1 N–H and O–H groups in total. The lowest BCUT2D eigenvalue weighted by Crippen LogP contribution is -2.45. The Balaban J connectivity index is 1.60. The van der Waals surface area contributed by atoms with Crippen molar-refractivity contribution in [2.45, 2.75) is 70.9 Å². The van der Waals surface area contributed by atoms with Crippen LogP contribution in [0, 0.1) is 11.8 Å². The SMILES string of the molecule is CC1CC(NC(C)CC2CCCC2)C1. The summed E-state index contributed by atoms with van der Waals surface area (Å²) >= 11 is 0. The lowest BCUT2D eigenvalue weighted by atomic mass is 9.81. The molecule has 14 heavy (non-hydrogen) atoms. The third-order valence-corrected chi connectivity index (χ3v) is 4.06. The molecule has 0 radical (unpaired) electrons. The molecular formula is C13H25N. The Kier molecular flexibility index (Phi) is 3.48. The third kappa shape index (κ3) is 2.73. The number of hydrogen-bond acceptors (Lipinski definition) is 1. The van der Waals surface area contributed by atoms with Gasteiger partial charge in [0.15, 0.2) is 0 Å². The molecule has 2 aliphatic rings. The van der Waals surface area contributed by atoms with Crippen molar-refractivity contribution in [3.63, 3.8) is 0 Å². The van der Waals surface area contributed by atoms with E-state index >= 15 is 0 Å². The Morgan fingerprint density at radius 1 is 1.21 bits per heavy atom. The summed E-state index contributed by atoms with van der Waals surface area (Å²) in [4.78, 5) is 0. The predicted molar refractivity (Wildman–Crippen MR) is 61.4 cm³/mol. The molecule has 1 atom stereocenters. The van der Waals surface area contributed by atoms with Crippen LogP contribution in [0.1, 0.15) is 58.8 Å². The molecule has 0 aromatic rings. The lowest BCUT2D eigenvalue weighted by molar-refractivity contribution is 0.215. The molecule has 2 aliphatic carbocycles. The van der Waals surface area contributed by atoms with Crippen molar-refractivity contribution in [3.05, 3.63) is 0 Å². The summed E-state index contributed by atoms with van der Waals surface area (Å²) in [5, 5.41) is 3.77. The Labute approximate surface area is 88.7 Å². The molecule has 82 valence electrons. The van der Waals surface area contributed by atoms with Crippen LogP contribution in [0.15, 0.2) is 0 Å². The Morgan fingerprint density at radius 3 is 2.43 bits per heavy atom. The molecule has 1 nitrogen and oxygen atoms in total. The third-order valence-electron chi connectivity index (χ3n) is 4.06. The van der Waals surface area contributed by atoms with Crippen molar-refractivity contribution in [2.24, 2.45) is 11.8 Å². The quantitative estimate of drug-likeness (QED) is 0.725. The van der Waals surface area contributed by atoms with Gasteiger partial charge in [-0.2, -0.15) is 0 Å². The molecule has 2 saturated carbocycles. The molecule has 0 saturated heterocycles. The highest BCUT2D eigenvalue weighted by molar-refractivity contribution is 4.85. The highest BCUT2D eigenvalue weighted by Gasteiger charge is 2.27. The van der Waals surface area contributed by atoms with E-state index in [0.717, 1.165) is 23.9 Å². The van der Waals surface area contributed by atoms with Crippen LogP contribution in [0.5, 0.6) is 0 Å². The van der Waals surface area contributed by atoms with E-state index in [1.807, 2.05) is 0 Å². The summed E-state index contributed by atoms with van der Waals surface area (Å²) < 4.78 is 0. The molecular weight excluding hydrogens is 170 g/mol. The first-order chi connectivity index (χ1) is 6.74. The fourth-order valence-corrected chi connectivity index (χ4v) is 3.25. The van der Waals surface area contributed by atoms with Gasteiger partial charge in [-0.25, -0.2) is 0 Å². The van der Waals surface area contributed by atoms with E-state index in [9.17, 15) is 0 Å². The molecule has 0 aromatic heterocycles. The molecule has 0 spiro atoms. The average Bonchev–Trinajstić information content (AvgIpc) is 2.54. The maximum absolute atomic E-state index is 3.77. The topological polar surface area (TPSA) is 12.0 Å². The highest BCUT2D eigenvalue weighted by atomic mass is 15.0. The fraction of sp³-hybridized carbons (Fsp3) is 1.00. The predicted octanol–water partition coefficient (Wildman–Crippen LogP) is 3.34. The van der Waals surface area contributed by atoms with Gasteiger partial charge >= 0.3 is 0 Å². The summed E-state index contributed by atoms with van der Waals surface area (Å²) in [6.45, 7) is 4.74.